The molecular weight excluding hydrogens is 674 g/mol. The number of nitrogens with zero attached hydrogens (tertiary/aromatic N) is 2. The van der Waals surface area contributed by atoms with E-state index >= 15 is 0 Å². The standard InChI is InChI=1S/C52H40B2N2/c1-33-29-37(55-47-25-13-5-17-39(47)40-18-6-14-26-48(40)55)30-34(2)51(33)53-43-21-9-11-23-45(43)54(46-24-12-10-22-44(46)53)52-35(3)31-38(32-36(52)4)56-49-27-15-7-19-41(49)42-20-8-16-28-50(42)56/h5-32H,1-4H3. The van der Waals surface area contributed by atoms with Crippen molar-refractivity contribution >= 4 is 89.8 Å². The molecule has 0 unspecified atom stereocenters. The molecule has 0 radical (unpaired) electrons. The van der Waals surface area contributed by atoms with Crippen LogP contribution in [0, 0.1) is 27.7 Å². The molecule has 0 bridgehead atoms. The highest BCUT2D eigenvalue weighted by Gasteiger charge is 2.40. The van der Waals surface area contributed by atoms with Gasteiger partial charge >= 0.3 is 0 Å². The molecule has 1 aliphatic rings. The van der Waals surface area contributed by atoms with Crippen molar-refractivity contribution < 1.29 is 0 Å². The van der Waals surface area contributed by atoms with Gasteiger partial charge in [0.25, 0.3) is 0 Å². The Bertz CT molecular complexity index is 2800. The third kappa shape index (κ3) is 4.72. The van der Waals surface area contributed by atoms with Gasteiger partial charge in [-0.1, -0.05) is 176 Å². The normalized spacial score (nSPS) is 12.6. The Balaban J connectivity index is 1.07. The zero-order chi connectivity index (χ0) is 37.7. The zero-order valence-electron chi connectivity index (χ0n) is 32.2. The highest BCUT2D eigenvalue weighted by Crippen LogP contribution is 2.34. The summed E-state index contributed by atoms with van der Waals surface area (Å²) in [5, 5.41) is 5.16. The number of hydrogen-bond donors (Lipinski definition) is 0. The fraction of sp³-hybridized carbons (Fsp3) is 0.0769. The van der Waals surface area contributed by atoms with Crippen molar-refractivity contribution in [2.45, 2.75) is 27.7 Å². The van der Waals surface area contributed by atoms with E-state index in [2.05, 4.69) is 207 Å². The van der Waals surface area contributed by atoms with Crippen LogP contribution in [0.25, 0.3) is 55.0 Å². The van der Waals surface area contributed by atoms with Crippen LogP contribution in [-0.4, -0.2) is 22.6 Å². The lowest BCUT2D eigenvalue weighted by molar-refractivity contribution is 1.16. The second-order valence-electron chi connectivity index (χ2n) is 15.8. The van der Waals surface area contributed by atoms with Gasteiger partial charge in [0.2, 0.25) is 13.4 Å². The van der Waals surface area contributed by atoms with Gasteiger partial charge in [-0.05, 0) is 76.2 Å². The first-order valence-corrected chi connectivity index (χ1v) is 19.8. The molecule has 0 aliphatic carbocycles. The van der Waals surface area contributed by atoms with Gasteiger partial charge in [-0.2, -0.15) is 0 Å². The average Bonchev–Trinajstić information content (AvgIpc) is 3.74. The van der Waals surface area contributed by atoms with E-state index in [1.807, 2.05) is 0 Å². The molecule has 10 aromatic rings. The maximum atomic E-state index is 2.45. The van der Waals surface area contributed by atoms with E-state index < -0.39 is 0 Å². The molecule has 0 saturated carbocycles. The lowest BCUT2D eigenvalue weighted by Gasteiger charge is -2.34. The minimum atomic E-state index is 0.128. The number of benzene rings is 8. The van der Waals surface area contributed by atoms with Gasteiger partial charge in [0.1, 0.15) is 0 Å². The number of fused-ring (bicyclic) bond motifs is 8. The first-order valence-electron chi connectivity index (χ1n) is 19.8. The third-order valence-electron chi connectivity index (χ3n) is 12.6. The Labute approximate surface area is 328 Å². The van der Waals surface area contributed by atoms with Crippen molar-refractivity contribution in [2.24, 2.45) is 0 Å². The summed E-state index contributed by atoms with van der Waals surface area (Å²) >= 11 is 0. The summed E-state index contributed by atoms with van der Waals surface area (Å²) in [4.78, 5) is 0. The molecule has 0 spiro atoms. The molecule has 11 rings (SSSR count). The van der Waals surface area contributed by atoms with Gasteiger partial charge in [0.15, 0.2) is 0 Å². The van der Waals surface area contributed by atoms with Crippen molar-refractivity contribution in [3.8, 4) is 11.4 Å². The molecule has 264 valence electrons. The van der Waals surface area contributed by atoms with Gasteiger partial charge in [-0.25, -0.2) is 0 Å². The van der Waals surface area contributed by atoms with Crippen molar-refractivity contribution in [1.82, 2.24) is 9.13 Å². The van der Waals surface area contributed by atoms with Gasteiger partial charge in [-0.15, -0.1) is 0 Å². The molecule has 56 heavy (non-hydrogen) atoms. The minimum Gasteiger partial charge on any atom is -0.309 e. The second-order valence-corrected chi connectivity index (χ2v) is 15.8. The molecule has 3 heterocycles. The van der Waals surface area contributed by atoms with Crippen LogP contribution >= 0.6 is 0 Å². The van der Waals surface area contributed by atoms with E-state index in [1.165, 1.54) is 110 Å². The van der Waals surface area contributed by atoms with Gasteiger partial charge in [0, 0.05) is 32.9 Å². The Hall–Kier alpha value is -6.51. The van der Waals surface area contributed by atoms with E-state index in [0.717, 1.165) is 0 Å². The maximum absolute atomic E-state index is 2.45. The summed E-state index contributed by atoms with van der Waals surface area (Å²) in [5.41, 5.74) is 21.1. The average molecular weight is 715 g/mol. The van der Waals surface area contributed by atoms with E-state index in [9.17, 15) is 0 Å². The molecule has 0 N–H and O–H groups in total. The SMILES string of the molecule is Cc1cc(-n2c3ccccc3c3ccccc32)cc(C)c1B1c2ccccc2B(c2c(C)cc(-n3c4ccccc4c4ccccc43)cc2C)c2ccccc21. The number of hydrogen-bond acceptors (Lipinski definition) is 0. The van der Waals surface area contributed by atoms with Crippen LogP contribution in [0.15, 0.2) is 170 Å². The molecule has 2 aromatic heterocycles. The number of aromatic nitrogens is 2. The fourth-order valence-electron chi connectivity index (χ4n) is 10.5. The fourth-order valence-corrected chi connectivity index (χ4v) is 10.5. The van der Waals surface area contributed by atoms with Crippen LogP contribution in [-0.2, 0) is 0 Å². The van der Waals surface area contributed by atoms with Gasteiger partial charge < -0.3 is 9.13 Å². The Morgan fingerprint density at radius 1 is 0.304 bits per heavy atom. The number of rotatable bonds is 4. The smallest absolute Gasteiger partial charge is 0.240 e. The van der Waals surface area contributed by atoms with Crippen molar-refractivity contribution in [3.63, 3.8) is 0 Å². The second kappa shape index (κ2) is 12.5. The van der Waals surface area contributed by atoms with Crippen LogP contribution in [0.2, 0.25) is 0 Å². The van der Waals surface area contributed by atoms with Gasteiger partial charge in [0.05, 0.1) is 22.1 Å². The summed E-state index contributed by atoms with van der Waals surface area (Å²) in [6.07, 6.45) is 0. The minimum absolute atomic E-state index is 0.128. The number of aryl methyl sites for hydroxylation is 4. The molecule has 4 heteroatoms. The first kappa shape index (κ1) is 32.9. The van der Waals surface area contributed by atoms with E-state index in [4.69, 9.17) is 0 Å². The van der Waals surface area contributed by atoms with E-state index in [1.54, 1.807) is 0 Å². The van der Waals surface area contributed by atoms with Crippen LogP contribution in [0.3, 0.4) is 0 Å². The Kier molecular flexibility index (Phi) is 7.35. The third-order valence-corrected chi connectivity index (χ3v) is 12.6. The highest BCUT2D eigenvalue weighted by atomic mass is 15.0. The molecule has 0 saturated heterocycles. The number of para-hydroxylation sites is 4. The topological polar surface area (TPSA) is 9.86 Å². The largest absolute Gasteiger partial charge is 0.309 e. The van der Waals surface area contributed by atoms with Crippen LogP contribution in [0.4, 0.5) is 0 Å². The van der Waals surface area contributed by atoms with Gasteiger partial charge in [-0.3, -0.25) is 0 Å². The molecular formula is C52H40B2N2. The molecule has 1 aliphatic heterocycles. The van der Waals surface area contributed by atoms with Crippen LogP contribution in [0.5, 0.6) is 0 Å². The maximum Gasteiger partial charge on any atom is 0.240 e. The van der Waals surface area contributed by atoms with E-state index in [0.29, 0.717) is 0 Å². The first-order chi connectivity index (χ1) is 27.5. The molecule has 0 amide bonds. The highest BCUT2D eigenvalue weighted by molar-refractivity contribution is 7.11. The molecule has 0 atom stereocenters. The summed E-state index contributed by atoms with van der Waals surface area (Å²) in [6.45, 7) is 9.53. The zero-order valence-corrected chi connectivity index (χ0v) is 32.2. The molecule has 0 fully saturated rings. The quantitative estimate of drug-likeness (QED) is 0.162. The van der Waals surface area contributed by atoms with Crippen molar-refractivity contribution in [3.05, 3.63) is 192 Å². The van der Waals surface area contributed by atoms with Crippen LogP contribution in [0.1, 0.15) is 22.3 Å². The summed E-state index contributed by atoms with van der Waals surface area (Å²) < 4.78 is 4.89. The predicted molar refractivity (Wildman–Crippen MR) is 243 cm³/mol. The predicted octanol–water partition coefficient (Wildman–Crippen LogP) is 8.46. The van der Waals surface area contributed by atoms with E-state index in [-0.39, 0.29) is 13.4 Å². The monoisotopic (exact) mass is 714 g/mol. The van der Waals surface area contributed by atoms with Crippen LogP contribution < -0.4 is 32.8 Å². The Morgan fingerprint density at radius 2 is 0.536 bits per heavy atom. The lowest BCUT2D eigenvalue weighted by Crippen LogP contribution is -2.75. The summed E-state index contributed by atoms with van der Waals surface area (Å²) in [5.74, 6) is 0. The molecule has 8 aromatic carbocycles. The molecule has 2 nitrogen and oxygen atoms in total. The summed E-state index contributed by atoms with van der Waals surface area (Å²) in [7, 11) is 0. The summed E-state index contributed by atoms with van der Waals surface area (Å²) in [6, 6.07) is 63.3. The van der Waals surface area contributed by atoms with Crippen molar-refractivity contribution in [2.75, 3.05) is 0 Å². The van der Waals surface area contributed by atoms with Crippen molar-refractivity contribution in [1.29, 1.82) is 0 Å². The lowest BCUT2D eigenvalue weighted by atomic mass is 9.20. The Morgan fingerprint density at radius 3 is 0.804 bits per heavy atom.